The van der Waals surface area contributed by atoms with Crippen molar-refractivity contribution in [3.05, 3.63) is 0 Å². The molecule has 0 radical (unpaired) electrons. The molecule has 0 heterocycles. The van der Waals surface area contributed by atoms with Crippen LogP contribution in [-0.4, -0.2) is 42.6 Å². The van der Waals surface area contributed by atoms with Crippen LogP contribution in [-0.2, 0) is 13.7 Å². The van der Waals surface area contributed by atoms with Gasteiger partial charge in [0.05, 0.1) is 12.0 Å². The molecular weight excluding hydrogens is 314 g/mol. The van der Waals surface area contributed by atoms with E-state index in [4.69, 9.17) is 8.92 Å². The van der Waals surface area contributed by atoms with Crippen molar-refractivity contribution in [3.8, 4) is 0 Å². The van der Waals surface area contributed by atoms with Gasteiger partial charge in [-0.05, 0) is 12.8 Å². The zero-order valence-corrected chi connectivity index (χ0v) is 15.1. The number of ether oxygens (including phenoxy) is 1. The molecule has 0 amide bonds. The molecule has 0 spiro atoms. The lowest BCUT2D eigenvalue weighted by Crippen LogP contribution is -2.24. The fraction of sp³-hybridized carbons (Fsp3) is 0.923. The van der Waals surface area contributed by atoms with Crippen LogP contribution in [0.2, 0.25) is 0 Å². The number of rotatable bonds is 14. The van der Waals surface area contributed by atoms with E-state index in [-0.39, 0.29) is 5.97 Å². The van der Waals surface area contributed by atoms with Gasteiger partial charge >= 0.3 is 5.97 Å². The van der Waals surface area contributed by atoms with Gasteiger partial charge in [0.1, 0.15) is 5.94 Å². The van der Waals surface area contributed by atoms with E-state index in [2.05, 4.69) is 19.2 Å². The summed E-state index contributed by atoms with van der Waals surface area (Å²) in [4.78, 5) is 11.2. The lowest BCUT2D eigenvalue weighted by molar-refractivity contribution is -0.133. The van der Waals surface area contributed by atoms with E-state index >= 15 is 0 Å². The first-order chi connectivity index (χ1) is 9.66. The molecule has 0 atom stereocenters. The molecule has 1 N–H and O–H groups in total. The SMILES string of the molecule is CCSOC(=O)CCCCOCSSCCNC(C)C. The first kappa shape index (κ1) is 20.4. The topological polar surface area (TPSA) is 47.6 Å². The molecule has 0 saturated heterocycles. The summed E-state index contributed by atoms with van der Waals surface area (Å²) >= 11 is 1.21. The normalized spacial score (nSPS) is 11.0. The van der Waals surface area contributed by atoms with Crippen molar-refractivity contribution in [1.82, 2.24) is 5.32 Å². The van der Waals surface area contributed by atoms with Crippen LogP contribution in [0.15, 0.2) is 0 Å². The van der Waals surface area contributed by atoms with Crippen molar-refractivity contribution in [2.45, 2.75) is 46.1 Å². The van der Waals surface area contributed by atoms with Crippen LogP contribution in [0.5, 0.6) is 0 Å². The third-order valence-corrected chi connectivity index (χ3v) is 4.77. The molecule has 0 aromatic carbocycles. The molecule has 0 rings (SSSR count). The van der Waals surface area contributed by atoms with Gasteiger partial charge in [-0.15, -0.1) is 0 Å². The molecule has 0 fully saturated rings. The number of hydrogen-bond acceptors (Lipinski definition) is 7. The Kier molecular flexibility index (Phi) is 16.2. The van der Waals surface area contributed by atoms with Crippen molar-refractivity contribution in [2.75, 3.05) is 30.6 Å². The van der Waals surface area contributed by atoms with Crippen LogP contribution in [0.1, 0.15) is 40.0 Å². The molecule has 0 aromatic rings. The Morgan fingerprint density at radius 1 is 1.25 bits per heavy atom. The summed E-state index contributed by atoms with van der Waals surface area (Å²) in [5.41, 5.74) is 0. The minimum atomic E-state index is -0.126. The highest BCUT2D eigenvalue weighted by Gasteiger charge is 2.02. The second-order valence-electron chi connectivity index (χ2n) is 4.39. The van der Waals surface area contributed by atoms with Crippen molar-refractivity contribution in [2.24, 2.45) is 0 Å². The van der Waals surface area contributed by atoms with E-state index in [1.807, 2.05) is 17.7 Å². The van der Waals surface area contributed by atoms with Gasteiger partial charge in [-0.2, -0.15) is 0 Å². The summed E-state index contributed by atoms with van der Waals surface area (Å²) in [5.74, 6) is 2.48. The molecule has 0 aromatic heterocycles. The molecule has 0 aliphatic heterocycles. The molecule has 0 aliphatic carbocycles. The van der Waals surface area contributed by atoms with Crippen LogP contribution in [0.3, 0.4) is 0 Å². The monoisotopic (exact) mass is 341 g/mol. The Hall–Kier alpha value is 0.440. The molecule has 0 aliphatic rings. The van der Waals surface area contributed by atoms with Gasteiger partial charge in [-0.25, -0.2) is 0 Å². The van der Waals surface area contributed by atoms with E-state index in [1.165, 1.54) is 12.0 Å². The highest BCUT2D eigenvalue weighted by Crippen LogP contribution is 2.20. The summed E-state index contributed by atoms with van der Waals surface area (Å²) in [6.45, 7) is 8.01. The van der Waals surface area contributed by atoms with E-state index < -0.39 is 0 Å². The van der Waals surface area contributed by atoms with Gasteiger partial charge in [0.2, 0.25) is 0 Å². The fourth-order valence-electron chi connectivity index (χ4n) is 1.21. The predicted molar refractivity (Wildman–Crippen MR) is 92.1 cm³/mol. The lowest BCUT2D eigenvalue weighted by atomic mass is 10.2. The van der Waals surface area contributed by atoms with Gasteiger partial charge in [0, 0.05) is 37.1 Å². The van der Waals surface area contributed by atoms with Gasteiger partial charge in [0.25, 0.3) is 0 Å². The predicted octanol–water partition coefficient (Wildman–Crippen LogP) is 3.72. The molecule has 7 heteroatoms. The second-order valence-corrected chi connectivity index (χ2v) is 7.90. The quantitative estimate of drug-likeness (QED) is 0.224. The Morgan fingerprint density at radius 3 is 2.75 bits per heavy atom. The van der Waals surface area contributed by atoms with E-state index in [0.717, 1.165) is 30.9 Å². The average Bonchev–Trinajstić information content (AvgIpc) is 2.42. The smallest absolute Gasteiger partial charge is 0.317 e. The van der Waals surface area contributed by atoms with E-state index in [9.17, 15) is 4.79 Å². The molecule has 0 saturated carbocycles. The van der Waals surface area contributed by atoms with Crippen LogP contribution < -0.4 is 5.32 Å². The molecular formula is C13H27NO3S3. The van der Waals surface area contributed by atoms with Crippen LogP contribution >= 0.6 is 33.6 Å². The summed E-state index contributed by atoms with van der Waals surface area (Å²) in [5, 5.41) is 3.37. The fourth-order valence-corrected chi connectivity index (χ4v) is 3.13. The Bertz CT molecular complexity index is 231. The largest absolute Gasteiger partial charge is 0.391 e. The van der Waals surface area contributed by atoms with Gasteiger partial charge in [-0.1, -0.05) is 42.4 Å². The van der Waals surface area contributed by atoms with E-state index in [1.54, 1.807) is 10.8 Å². The third-order valence-electron chi connectivity index (χ3n) is 2.14. The minimum absolute atomic E-state index is 0.126. The van der Waals surface area contributed by atoms with Crippen molar-refractivity contribution in [3.63, 3.8) is 0 Å². The number of carbonyl (C=O) groups is 1. The Labute approximate surface area is 135 Å². The third kappa shape index (κ3) is 16.5. The molecule has 4 nitrogen and oxygen atoms in total. The highest BCUT2D eigenvalue weighted by atomic mass is 33.1. The minimum Gasteiger partial charge on any atom is -0.391 e. The first-order valence-electron chi connectivity index (χ1n) is 7.04. The molecule has 0 bridgehead atoms. The standard InChI is InChI=1S/C13H27NO3S3/c1-4-18-17-13(15)7-5-6-9-16-11-20-19-10-8-14-12(2)3/h12,14H,4-11H2,1-3H3. The summed E-state index contributed by atoms with van der Waals surface area (Å²) in [7, 11) is 3.57. The van der Waals surface area contributed by atoms with Gasteiger partial charge < -0.3 is 14.2 Å². The number of hydrogen-bond donors (Lipinski definition) is 1. The van der Waals surface area contributed by atoms with Crippen LogP contribution in [0.25, 0.3) is 0 Å². The summed E-state index contributed by atoms with van der Waals surface area (Å²) in [6.07, 6.45) is 2.23. The van der Waals surface area contributed by atoms with Crippen molar-refractivity contribution < 1.29 is 13.7 Å². The average molecular weight is 342 g/mol. The van der Waals surface area contributed by atoms with Crippen molar-refractivity contribution >= 4 is 39.6 Å². The molecule has 120 valence electrons. The van der Waals surface area contributed by atoms with Gasteiger partial charge in [0.15, 0.2) is 0 Å². The zero-order chi connectivity index (χ0) is 15.1. The highest BCUT2D eigenvalue weighted by molar-refractivity contribution is 8.76. The second kappa shape index (κ2) is 15.8. The summed E-state index contributed by atoms with van der Waals surface area (Å²) < 4.78 is 10.4. The maximum Gasteiger partial charge on any atom is 0.317 e. The van der Waals surface area contributed by atoms with E-state index in [0.29, 0.717) is 25.0 Å². The lowest BCUT2D eigenvalue weighted by Gasteiger charge is -2.07. The van der Waals surface area contributed by atoms with Crippen LogP contribution in [0.4, 0.5) is 0 Å². The Balaban J connectivity index is 3.08. The van der Waals surface area contributed by atoms with Crippen LogP contribution in [0, 0.1) is 0 Å². The maximum absolute atomic E-state index is 11.2. The van der Waals surface area contributed by atoms with Gasteiger partial charge in [-0.3, -0.25) is 4.79 Å². The zero-order valence-electron chi connectivity index (χ0n) is 12.7. The number of nitrogens with one attached hydrogen (secondary N) is 1. The Morgan fingerprint density at radius 2 is 2.05 bits per heavy atom. The number of unbranched alkanes of at least 4 members (excludes halogenated alkanes) is 1. The first-order valence-corrected chi connectivity index (χ1v) is 10.4. The molecule has 0 unspecified atom stereocenters. The summed E-state index contributed by atoms with van der Waals surface area (Å²) in [6, 6.07) is 0.555. The maximum atomic E-state index is 11.2. The van der Waals surface area contributed by atoms with Crippen molar-refractivity contribution in [1.29, 1.82) is 0 Å². The molecule has 20 heavy (non-hydrogen) atoms. The number of carbonyl (C=O) groups excluding carboxylic acids is 1.